The van der Waals surface area contributed by atoms with Gasteiger partial charge >= 0.3 is 0 Å². The molecule has 104 valence electrons. The molecule has 0 aromatic carbocycles. The minimum atomic E-state index is 0.162. The van der Waals surface area contributed by atoms with Crippen LogP contribution in [0.2, 0.25) is 0 Å². The van der Waals surface area contributed by atoms with Crippen LogP contribution in [0.5, 0.6) is 0 Å². The molecule has 3 nitrogen and oxygen atoms in total. The van der Waals surface area contributed by atoms with Crippen LogP contribution in [-0.2, 0) is 19.5 Å². The van der Waals surface area contributed by atoms with Crippen molar-refractivity contribution in [1.82, 2.24) is 15.1 Å². The summed E-state index contributed by atoms with van der Waals surface area (Å²) in [5.74, 6) is 0. The molecule has 0 amide bonds. The quantitative estimate of drug-likeness (QED) is 0.803. The van der Waals surface area contributed by atoms with Gasteiger partial charge in [0.25, 0.3) is 0 Å². The van der Waals surface area contributed by atoms with Gasteiger partial charge in [-0.3, -0.25) is 4.68 Å². The van der Waals surface area contributed by atoms with Crippen molar-refractivity contribution < 1.29 is 0 Å². The molecular formula is C15H29N3. The molecule has 0 atom stereocenters. The second-order valence-electron chi connectivity index (χ2n) is 6.05. The molecule has 0 aliphatic heterocycles. The smallest absolute Gasteiger partial charge is 0.0537 e. The number of nitrogens with one attached hydrogen (secondary N) is 1. The molecule has 1 aromatic heterocycles. The second-order valence-corrected chi connectivity index (χ2v) is 6.05. The SMILES string of the molecule is CCCCn1ncc(CNC(C)(C)C)c1CCC. The Morgan fingerprint density at radius 3 is 2.50 bits per heavy atom. The molecular weight excluding hydrogens is 222 g/mol. The van der Waals surface area contributed by atoms with Gasteiger partial charge in [-0.05, 0) is 33.6 Å². The Bertz CT molecular complexity index is 347. The molecule has 0 aliphatic rings. The van der Waals surface area contributed by atoms with E-state index >= 15 is 0 Å². The normalized spacial score (nSPS) is 12.1. The Labute approximate surface area is 112 Å². The molecule has 0 fully saturated rings. The Morgan fingerprint density at radius 2 is 1.94 bits per heavy atom. The van der Waals surface area contributed by atoms with Crippen LogP contribution < -0.4 is 5.32 Å². The minimum Gasteiger partial charge on any atom is -0.308 e. The molecule has 0 bridgehead atoms. The highest BCUT2D eigenvalue weighted by atomic mass is 15.3. The van der Waals surface area contributed by atoms with Crippen LogP contribution in [0.3, 0.4) is 0 Å². The van der Waals surface area contributed by atoms with E-state index in [1.54, 1.807) is 0 Å². The van der Waals surface area contributed by atoms with Gasteiger partial charge in [0.1, 0.15) is 0 Å². The second kappa shape index (κ2) is 6.93. The van der Waals surface area contributed by atoms with Crippen LogP contribution in [0.1, 0.15) is 65.1 Å². The van der Waals surface area contributed by atoms with Crippen LogP contribution in [-0.4, -0.2) is 15.3 Å². The van der Waals surface area contributed by atoms with Gasteiger partial charge in [-0.1, -0.05) is 26.7 Å². The highest BCUT2D eigenvalue weighted by Gasteiger charge is 2.13. The Hall–Kier alpha value is -0.830. The van der Waals surface area contributed by atoms with Gasteiger partial charge in [-0.25, -0.2) is 0 Å². The summed E-state index contributed by atoms with van der Waals surface area (Å²) < 4.78 is 2.20. The lowest BCUT2D eigenvalue weighted by Crippen LogP contribution is -2.35. The molecule has 1 rings (SSSR count). The van der Waals surface area contributed by atoms with E-state index in [1.807, 2.05) is 6.20 Å². The summed E-state index contributed by atoms with van der Waals surface area (Å²) in [4.78, 5) is 0. The van der Waals surface area contributed by atoms with Crippen LogP contribution in [0.4, 0.5) is 0 Å². The maximum Gasteiger partial charge on any atom is 0.0537 e. The molecule has 1 N–H and O–H groups in total. The number of unbranched alkanes of at least 4 members (excludes halogenated alkanes) is 1. The standard InChI is InChI=1S/C15H29N3/c1-6-8-10-18-14(9-7-2)13(12-17-18)11-16-15(3,4)5/h12,16H,6-11H2,1-5H3. The zero-order valence-corrected chi connectivity index (χ0v) is 12.7. The number of aryl methyl sites for hydroxylation is 1. The average molecular weight is 251 g/mol. The fraction of sp³-hybridized carbons (Fsp3) is 0.800. The third-order valence-electron chi connectivity index (χ3n) is 3.05. The topological polar surface area (TPSA) is 29.9 Å². The summed E-state index contributed by atoms with van der Waals surface area (Å²) in [5.41, 5.74) is 2.94. The largest absolute Gasteiger partial charge is 0.308 e. The van der Waals surface area contributed by atoms with Crippen molar-refractivity contribution in [3.63, 3.8) is 0 Å². The van der Waals surface area contributed by atoms with Crippen LogP contribution in [0, 0.1) is 0 Å². The first-order valence-electron chi connectivity index (χ1n) is 7.26. The lowest BCUT2D eigenvalue weighted by atomic mass is 10.1. The predicted octanol–water partition coefficient (Wildman–Crippen LogP) is 3.52. The molecule has 1 heterocycles. The summed E-state index contributed by atoms with van der Waals surface area (Å²) in [7, 11) is 0. The monoisotopic (exact) mass is 251 g/mol. The van der Waals surface area contributed by atoms with E-state index in [9.17, 15) is 0 Å². The highest BCUT2D eigenvalue weighted by molar-refractivity contribution is 5.18. The van der Waals surface area contributed by atoms with E-state index in [0.29, 0.717) is 0 Å². The van der Waals surface area contributed by atoms with Gasteiger partial charge in [0.2, 0.25) is 0 Å². The summed E-state index contributed by atoms with van der Waals surface area (Å²) in [6, 6.07) is 0. The van der Waals surface area contributed by atoms with Crippen molar-refractivity contribution in [1.29, 1.82) is 0 Å². The molecule has 3 heteroatoms. The number of hydrogen-bond donors (Lipinski definition) is 1. The fourth-order valence-corrected chi connectivity index (χ4v) is 1.98. The molecule has 0 saturated carbocycles. The zero-order valence-electron chi connectivity index (χ0n) is 12.7. The Kier molecular flexibility index (Phi) is 5.86. The van der Waals surface area contributed by atoms with E-state index in [-0.39, 0.29) is 5.54 Å². The van der Waals surface area contributed by atoms with Crippen molar-refractivity contribution in [2.45, 2.75) is 78.9 Å². The number of nitrogens with zero attached hydrogens (tertiary/aromatic N) is 2. The maximum absolute atomic E-state index is 4.55. The molecule has 0 unspecified atom stereocenters. The van der Waals surface area contributed by atoms with E-state index in [4.69, 9.17) is 0 Å². The fourth-order valence-electron chi connectivity index (χ4n) is 1.98. The number of hydrogen-bond acceptors (Lipinski definition) is 2. The molecule has 18 heavy (non-hydrogen) atoms. The summed E-state index contributed by atoms with van der Waals surface area (Å²) >= 11 is 0. The summed E-state index contributed by atoms with van der Waals surface area (Å²) in [6.45, 7) is 13.0. The van der Waals surface area contributed by atoms with E-state index < -0.39 is 0 Å². The first-order chi connectivity index (χ1) is 8.48. The first kappa shape index (κ1) is 15.2. The van der Waals surface area contributed by atoms with Gasteiger partial charge < -0.3 is 5.32 Å². The van der Waals surface area contributed by atoms with Crippen molar-refractivity contribution in [2.24, 2.45) is 0 Å². The Morgan fingerprint density at radius 1 is 1.22 bits per heavy atom. The molecule has 0 saturated heterocycles. The van der Waals surface area contributed by atoms with Crippen molar-refractivity contribution in [3.8, 4) is 0 Å². The van der Waals surface area contributed by atoms with Crippen molar-refractivity contribution >= 4 is 0 Å². The van der Waals surface area contributed by atoms with Crippen LogP contribution in [0.25, 0.3) is 0 Å². The molecule has 0 radical (unpaired) electrons. The van der Waals surface area contributed by atoms with Gasteiger partial charge in [-0.2, -0.15) is 5.10 Å². The van der Waals surface area contributed by atoms with Crippen molar-refractivity contribution in [3.05, 3.63) is 17.5 Å². The van der Waals surface area contributed by atoms with E-state index in [0.717, 1.165) is 19.5 Å². The predicted molar refractivity (Wildman–Crippen MR) is 77.7 cm³/mol. The Balaban J connectivity index is 2.74. The lowest BCUT2D eigenvalue weighted by molar-refractivity contribution is 0.422. The third kappa shape index (κ3) is 4.81. The average Bonchev–Trinajstić information content (AvgIpc) is 2.66. The zero-order chi connectivity index (χ0) is 13.6. The molecule has 1 aromatic rings. The maximum atomic E-state index is 4.55. The van der Waals surface area contributed by atoms with Gasteiger partial charge in [0.15, 0.2) is 0 Å². The van der Waals surface area contributed by atoms with Crippen LogP contribution >= 0.6 is 0 Å². The van der Waals surface area contributed by atoms with Crippen LogP contribution in [0.15, 0.2) is 6.20 Å². The number of aromatic nitrogens is 2. The minimum absolute atomic E-state index is 0.162. The lowest BCUT2D eigenvalue weighted by Gasteiger charge is -2.20. The highest BCUT2D eigenvalue weighted by Crippen LogP contribution is 2.13. The van der Waals surface area contributed by atoms with Gasteiger partial charge in [0.05, 0.1) is 6.20 Å². The van der Waals surface area contributed by atoms with E-state index in [1.165, 1.54) is 30.5 Å². The summed E-state index contributed by atoms with van der Waals surface area (Å²) in [5, 5.41) is 8.10. The van der Waals surface area contributed by atoms with Crippen molar-refractivity contribution in [2.75, 3.05) is 0 Å². The van der Waals surface area contributed by atoms with Gasteiger partial charge in [0, 0.05) is 29.9 Å². The van der Waals surface area contributed by atoms with Gasteiger partial charge in [-0.15, -0.1) is 0 Å². The molecule has 0 spiro atoms. The van der Waals surface area contributed by atoms with E-state index in [2.05, 4.69) is 49.7 Å². The third-order valence-corrected chi connectivity index (χ3v) is 3.05. The number of rotatable bonds is 7. The summed E-state index contributed by atoms with van der Waals surface area (Å²) in [6.07, 6.45) is 6.79. The molecule has 0 aliphatic carbocycles. The first-order valence-corrected chi connectivity index (χ1v) is 7.26.